The molecule has 0 saturated carbocycles. The molecule has 1 aromatic heterocycles. The molecule has 0 spiro atoms. The number of halogens is 4. The molecule has 5 atom stereocenters. The van der Waals surface area contributed by atoms with E-state index in [1.54, 1.807) is 23.1 Å². The van der Waals surface area contributed by atoms with Crippen molar-refractivity contribution < 1.29 is 33.3 Å². The molecule has 2 aliphatic heterocycles. The van der Waals surface area contributed by atoms with E-state index in [4.69, 9.17) is 32.7 Å². The molecule has 2 aromatic carbocycles. The van der Waals surface area contributed by atoms with E-state index in [1.165, 1.54) is 29.8 Å². The van der Waals surface area contributed by atoms with Gasteiger partial charge in [-0.1, -0.05) is 40.2 Å². The van der Waals surface area contributed by atoms with Crippen LogP contribution in [0.3, 0.4) is 0 Å². The molecule has 0 aliphatic carbocycles. The number of nitrogens with zero attached hydrogens (tertiary/aromatic N) is 4. The minimum Gasteiger partial charge on any atom is -0.394 e. The average molecular weight is 601 g/mol. The molecule has 5 rings (SSSR count). The Balaban J connectivity index is 1.47. The van der Waals surface area contributed by atoms with Gasteiger partial charge in [0.1, 0.15) is 52.1 Å². The lowest BCUT2D eigenvalue weighted by atomic mass is 9.97. The summed E-state index contributed by atoms with van der Waals surface area (Å²) in [6.45, 7) is 0.821. The van der Waals surface area contributed by atoms with Gasteiger partial charge in [-0.05, 0) is 36.8 Å². The maximum atomic E-state index is 14.0. The van der Waals surface area contributed by atoms with E-state index in [0.717, 1.165) is 18.6 Å². The average Bonchev–Trinajstić information content (AvgIpc) is 3.36. The second-order valence-electron chi connectivity index (χ2n) is 9.15. The molecule has 2 aliphatic rings. The lowest BCUT2D eigenvalue weighted by Crippen LogP contribution is -2.55. The van der Waals surface area contributed by atoms with E-state index in [0.29, 0.717) is 28.6 Å². The number of likely N-dealkylation sites (tertiary alicyclic amines) is 1. The van der Waals surface area contributed by atoms with Crippen molar-refractivity contribution in [1.29, 1.82) is 0 Å². The van der Waals surface area contributed by atoms with Gasteiger partial charge in [-0.2, -0.15) is 0 Å². The number of aliphatic hydroxyl groups excluding tert-OH is 2. The smallest absolute Gasteiger partial charge is 0.254 e. The van der Waals surface area contributed by atoms with Crippen molar-refractivity contribution in [2.45, 2.75) is 41.1 Å². The molecule has 3 heterocycles. The molecule has 208 valence electrons. The van der Waals surface area contributed by atoms with E-state index in [1.807, 2.05) is 0 Å². The van der Waals surface area contributed by atoms with Gasteiger partial charge in [0, 0.05) is 35.7 Å². The number of aliphatic hydroxyl groups is 2. The van der Waals surface area contributed by atoms with Crippen LogP contribution in [0.4, 0.5) is 8.78 Å². The first-order valence-electron chi connectivity index (χ1n) is 12.0. The molecule has 14 heteroatoms. The first-order chi connectivity index (χ1) is 18.7. The van der Waals surface area contributed by atoms with Gasteiger partial charge in [0.25, 0.3) is 5.91 Å². The van der Waals surface area contributed by atoms with Crippen LogP contribution >= 0.6 is 35.0 Å². The van der Waals surface area contributed by atoms with Gasteiger partial charge < -0.3 is 24.6 Å². The zero-order valence-electron chi connectivity index (χ0n) is 20.5. The summed E-state index contributed by atoms with van der Waals surface area (Å²) < 4.78 is 41.2. The van der Waals surface area contributed by atoms with Gasteiger partial charge in [0.15, 0.2) is 0 Å². The zero-order chi connectivity index (χ0) is 27.8. The monoisotopic (exact) mass is 600 g/mol. The summed E-state index contributed by atoms with van der Waals surface area (Å²) >= 11 is 13.0. The number of carbonyl (C=O) groups excluding carboxylic acids is 1. The SMILES string of the molecule is CO[C@@H]1[C@@H](n2cc(-c3cc(F)c(Cl)c(F)c3)nn2)[C@@H](O)[C@@H](CO)O[C@@H]1Sc1cc(Cl)ccc1C(=O)N1CCC1. The number of benzene rings is 2. The molecule has 1 amide bonds. The van der Waals surface area contributed by atoms with Gasteiger partial charge >= 0.3 is 0 Å². The number of aromatic nitrogens is 3. The topological polar surface area (TPSA) is 110 Å². The Morgan fingerprint density at radius 3 is 2.56 bits per heavy atom. The highest BCUT2D eigenvalue weighted by Crippen LogP contribution is 2.41. The number of amides is 1. The quantitative estimate of drug-likeness (QED) is 0.394. The molecule has 0 unspecified atom stereocenters. The summed E-state index contributed by atoms with van der Waals surface area (Å²) in [7, 11) is 1.42. The van der Waals surface area contributed by atoms with E-state index in [2.05, 4.69) is 10.3 Å². The van der Waals surface area contributed by atoms with Crippen LogP contribution in [0.2, 0.25) is 10.0 Å². The van der Waals surface area contributed by atoms with Gasteiger partial charge in [0.05, 0.1) is 18.4 Å². The van der Waals surface area contributed by atoms with Crippen LogP contribution in [-0.2, 0) is 9.47 Å². The third kappa shape index (κ3) is 5.51. The van der Waals surface area contributed by atoms with Crippen LogP contribution in [0.25, 0.3) is 11.3 Å². The molecule has 39 heavy (non-hydrogen) atoms. The second-order valence-corrected chi connectivity index (χ2v) is 11.1. The van der Waals surface area contributed by atoms with Gasteiger partial charge in [0.2, 0.25) is 0 Å². The number of methoxy groups -OCH3 is 1. The van der Waals surface area contributed by atoms with Crippen LogP contribution in [0.5, 0.6) is 0 Å². The molecule has 0 radical (unpaired) electrons. The number of hydrogen-bond donors (Lipinski definition) is 2. The molecule has 2 N–H and O–H groups in total. The van der Waals surface area contributed by atoms with Crippen LogP contribution in [0.15, 0.2) is 41.4 Å². The molecule has 3 aromatic rings. The first-order valence-corrected chi connectivity index (χ1v) is 13.6. The van der Waals surface area contributed by atoms with Crippen molar-refractivity contribution >= 4 is 40.9 Å². The van der Waals surface area contributed by atoms with Crippen LogP contribution in [0, 0.1) is 11.6 Å². The van der Waals surface area contributed by atoms with E-state index in [-0.39, 0.29) is 17.2 Å². The minimum atomic E-state index is -1.29. The van der Waals surface area contributed by atoms with Gasteiger partial charge in [-0.25, -0.2) is 13.5 Å². The third-order valence-electron chi connectivity index (χ3n) is 6.75. The van der Waals surface area contributed by atoms with Crippen molar-refractivity contribution in [3.63, 3.8) is 0 Å². The van der Waals surface area contributed by atoms with Gasteiger partial charge in [-0.15, -0.1) is 5.10 Å². The predicted molar refractivity (Wildman–Crippen MR) is 140 cm³/mol. The molecular weight excluding hydrogens is 577 g/mol. The normalized spacial score (nSPS) is 25.0. The largest absolute Gasteiger partial charge is 0.394 e. The Morgan fingerprint density at radius 1 is 1.23 bits per heavy atom. The summed E-state index contributed by atoms with van der Waals surface area (Å²) in [4.78, 5) is 15.3. The number of rotatable bonds is 7. The van der Waals surface area contributed by atoms with Crippen molar-refractivity contribution in [1.82, 2.24) is 19.9 Å². The Kier molecular flexibility index (Phi) is 8.43. The summed E-state index contributed by atoms with van der Waals surface area (Å²) in [5, 5.41) is 28.9. The third-order valence-corrected chi connectivity index (χ3v) is 8.55. The first kappa shape index (κ1) is 28.2. The van der Waals surface area contributed by atoms with Crippen molar-refractivity contribution in [3.8, 4) is 11.3 Å². The highest BCUT2D eigenvalue weighted by Gasteiger charge is 2.48. The maximum absolute atomic E-state index is 14.0. The number of carbonyl (C=O) groups is 1. The Bertz CT molecular complexity index is 1350. The van der Waals surface area contributed by atoms with Crippen LogP contribution in [0.1, 0.15) is 22.8 Å². The van der Waals surface area contributed by atoms with Gasteiger partial charge in [-0.3, -0.25) is 4.79 Å². The molecular formula is C25H24Cl2F2N4O5S. The highest BCUT2D eigenvalue weighted by atomic mass is 35.5. The Labute approximate surface area is 236 Å². The lowest BCUT2D eigenvalue weighted by Gasteiger charge is -2.43. The fourth-order valence-corrected chi connectivity index (χ4v) is 6.23. The number of thioether (sulfide) groups is 1. The second kappa shape index (κ2) is 11.7. The summed E-state index contributed by atoms with van der Waals surface area (Å²) in [5.41, 5.74) is -0.158. The standard InChI is InChI=1S/C25H24Cl2F2N4O5S/c1-37-23-21(33-10-17(30-31-33)12-7-15(28)20(27)16(29)8-12)22(35)18(11-34)38-25(23)39-19-9-13(26)3-4-14(19)24(36)32-5-2-6-32/h3-4,7-10,18,21-23,25,34-35H,2,5-6,11H2,1H3/t18-,21+,22+,23-,25-/m1/s1. The summed E-state index contributed by atoms with van der Waals surface area (Å²) in [6, 6.07) is 6.07. The maximum Gasteiger partial charge on any atom is 0.254 e. The summed E-state index contributed by atoms with van der Waals surface area (Å²) in [5.74, 6) is -2.04. The van der Waals surface area contributed by atoms with Crippen molar-refractivity contribution in [2.75, 3.05) is 26.8 Å². The van der Waals surface area contributed by atoms with E-state index in [9.17, 15) is 23.8 Å². The van der Waals surface area contributed by atoms with Crippen molar-refractivity contribution in [3.05, 3.63) is 63.8 Å². The number of ether oxygens (including phenoxy) is 2. The fourth-order valence-electron chi connectivity index (χ4n) is 4.55. The number of hydrogen-bond acceptors (Lipinski definition) is 8. The lowest BCUT2D eigenvalue weighted by molar-refractivity contribution is -0.186. The Morgan fingerprint density at radius 2 is 1.95 bits per heavy atom. The molecule has 2 saturated heterocycles. The molecule has 0 bridgehead atoms. The van der Waals surface area contributed by atoms with Crippen LogP contribution in [-0.4, -0.2) is 86.6 Å². The van der Waals surface area contributed by atoms with E-state index >= 15 is 0 Å². The molecule has 2 fully saturated rings. The Hall–Kier alpha value is -2.32. The fraction of sp³-hybridized carbons (Fsp3) is 0.400. The molecule has 9 nitrogen and oxygen atoms in total. The highest BCUT2D eigenvalue weighted by molar-refractivity contribution is 8.00. The zero-order valence-corrected chi connectivity index (χ0v) is 22.8. The van der Waals surface area contributed by atoms with Crippen LogP contribution < -0.4 is 0 Å². The summed E-state index contributed by atoms with van der Waals surface area (Å²) in [6.07, 6.45) is -0.835. The minimum absolute atomic E-state index is 0.0916. The predicted octanol–water partition coefficient (Wildman–Crippen LogP) is 3.80. The van der Waals surface area contributed by atoms with E-state index < -0.39 is 53.1 Å². The van der Waals surface area contributed by atoms with Crippen molar-refractivity contribution in [2.24, 2.45) is 0 Å².